The van der Waals surface area contributed by atoms with Gasteiger partial charge in [0.05, 0.1) is 18.3 Å². The highest BCUT2D eigenvalue weighted by Crippen LogP contribution is 2.15. The molecule has 1 aromatic carbocycles. The lowest BCUT2D eigenvalue weighted by molar-refractivity contribution is 1.04. The summed E-state index contributed by atoms with van der Waals surface area (Å²) in [6, 6.07) is 5.79. The molecule has 0 aliphatic rings. The van der Waals surface area contributed by atoms with Crippen molar-refractivity contribution in [2.75, 3.05) is 0 Å². The summed E-state index contributed by atoms with van der Waals surface area (Å²) in [7, 11) is 0. The molecule has 0 atom stereocenters. The van der Waals surface area contributed by atoms with Gasteiger partial charge in [0.15, 0.2) is 0 Å². The molecule has 0 saturated carbocycles. The molecule has 13 heavy (non-hydrogen) atoms. The molecule has 0 amide bonds. The Morgan fingerprint density at radius 3 is 3.31 bits per heavy atom. The van der Waals surface area contributed by atoms with Crippen LogP contribution in [0.1, 0.15) is 5.56 Å². The topological polar surface area (TPSA) is 77.4 Å². The van der Waals surface area contributed by atoms with Crippen molar-refractivity contribution >= 4 is 10.9 Å². The fourth-order valence-electron chi connectivity index (χ4n) is 1.27. The van der Waals surface area contributed by atoms with Gasteiger partial charge < -0.3 is 0 Å². The van der Waals surface area contributed by atoms with Crippen LogP contribution in [0.3, 0.4) is 0 Å². The fourth-order valence-corrected chi connectivity index (χ4v) is 1.27. The quantitative estimate of drug-likeness (QED) is 0.422. The molecule has 2 aromatic rings. The smallest absolute Gasteiger partial charge is 0.0683 e. The van der Waals surface area contributed by atoms with Crippen molar-refractivity contribution in [1.29, 1.82) is 0 Å². The second-order valence-electron chi connectivity index (χ2n) is 2.64. The molecule has 0 unspecified atom stereocenters. The number of hydrogen-bond acceptors (Lipinski definition) is 2. The highest BCUT2D eigenvalue weighted by atomic mass is 15.1. The summed E-state index contributed by atoms with van der Waals surface area (Å²) in [5, 5.41) is 11.3. The van der Waals surface area contributed by atoms with Crippen LogP contribution in [0.25, 0.3) is 21.3 Å². The molecule has 64 valence electrons. The molecule has 0 radical (unpaired) electrons. The zero-order valence-electron chi connectivity index (χ0n) is 6.81. The van der Waals surface area contributed by atoms with Crippen molar-refractivity contribution in [1.82, 2.24) is 10.2 Å². The number of azide groups is 1. The van der Waals surface area contributed by atoms with Crippen LogP contribution in [0.4, 0.5) is 0 Å². The molecule has 5 nitrogen and oxygen atoms in total. The average molecular weight is 173 g/mol. The molecular weight excluding hydrogens is 166 g/mol. The molecule has 0 aliphatic carbocycles. The van der Waals surface area contributed by atoms with Crippen LogP contribution in [0, 0.1) is 0 Å². The zero-order valence-corrected chi connectivity index (χ0v) is 6.81. The predicted octanol–water partition coefficient (Wildman–Crippen LogP) is 2.37. The first kappa shape index (κ1) is 7.64. The summed E-state index contributed by atoms with van der Waals surface area (Å²) >= 11 is 0. The van der Waals surface area contributed by atoms with E-state index in [2.05, 4.69) is 20.2 Å². The number of aromatic amines is 1. The normalized spacial score (nSPS) is 9.85. The number of fused-ring (bicyclic) bond motifs is 1. The number of benzene rings is 1. The third-order valence-electron chi connectivity index (χ3n) is 1.87. The first-order valence-electron chi connectivity index (χ1n) is 3.83. The van der Waals surface area contributed by atoms with E-state index in [9.17, 15) is 0 Å². The molecular formula is C8H7N5. The maximum absolute atomic E-state index is 8.18. The van der Waals surface area contributed by atoms with E-state index in [4.69, 9.17) is 5.53 Å². The lowest BCUT2D eigenvalue weighted by Crippen LogP contribution is -1.82. The van der Waals surface area contributed by atoms with E-state index in [0.717, 1.165) is 16.5 Å². The summed E-state index contributed by atoms with van der Waals surface area (Å²) in [5.41, 5.74) is 10.1. The largest absolute Gasteiger partial charge is 0.278 e. The van der Waals surface area contributed by atoms with Crippen LogP contribution >= 0.6 is 0 Å². The minimum Gasteiger partial charge on any atom is -0.278 e. The highest BCUT2D eigenvalue weighted by Gasteiger charge is 1.99. The SMILES string of the molecule is [N-]=[N+]=NCc1cccc2cn[nH]c12. The van der Waals surface area contributed by atoms with Crippen LogP contribution < -0.4 is 0 Å². The molecule has 1 N–H and O–H groups in total. The van der Waals surface area contributed by atoms with Gasteiger partial charge in [0.1, 0.15) is 0 Å². The van der Waals surface area contributed by atoms with Gasteiger partial charge in [-0.3, -0.25) is 5.10 Å². The minimum atomic E-state index is 0.357. The Balaban J connectivity index is 2.54. The average Bonchev–Trinajstić information content (AvgIpc) is 2.62. The molecule has 0 fully saturated rings. The number of aromatic nitrogens is 2. The number of H-pyrrole nitrogens is 1. The Hall–Kier alpha value is -2.00. The van der Waals surface area contributed by atoms with Gasteiger partial charge in [0.25, 0.3) is 0 Å². The standard InChI is InChI=1S/C8H7N5/c9-13-11-5-7-3-1-2-6-4-10-12-8(6)7/h1-4H,5H2,(H,10,12). The second kappa shape index (κ2) is 3.16. The molecule has 0 saturated heterocycles. The van der Waals surface area contributed by atoms with Crippen LogP contribution in [0.5, 0.6) is 0 Å². The molecule has 2 rings (SSSR count). The van der Waals surface area contributed by atoms with Crippen molar-refractivity contribution in [2.45, 2.75) is 6.54 Å². The lowest BCUT2D eigenvalue weighted by atomic mass is 10.1. The summed E-state index contributed by atoms with van der Waals surface area (Å²) < 4.78 is 0. The third kappa shape index (κ3) is 1.32. The molecule has 1 heterocycles. The molecule has 0 spiro atoms. The number of para-hydroxylation sites is 1. The number of rotatable bonds is 2. The molecule has 0 aliphatic heterocycles. The summed E-state index contributed by atoms with van der Waals surface area (Å²) in [6.45, 7) is 0.357. The second-order valence-corrected chi connectivity index (χ2v) is 2.64. The van der Waals surface area contributed by atoms with Crippen LogP contribution in [0.2, 0.25) is 0 Å². The first-order chi connectivity index (χ1) is 6.42. The van der Waals surface area contributed by atoms with Crippen molar-refractivity contribution < 1.29 is 0 Å². The van der Waals surface area contributed by atoms with E-state index in [1.54, 1.807) is 6.20 Å². The maximum Gasteiger partial charge on any atom is 0.0683 e. The van der Waals surface area contributed by atoms with Gasteiger partial charge in [-0.15, -0.1) is 0 Å². The molecule has 1 aromatic heterocycles. The van der Waals surface area contributed by atoms with Crippen LogP contribution in [-0.2, 0) is 6.54 Å². The van der Waals surface area contributed by atoms with Gasteiger partial charge in [0.2, 0.25) is 0 Å². The van der Waals surface area contributed by atoms with E-state index in [1.165, 1.54) is 0 Å². The van der Waals surface area contributed by atoms with E-state index in [1.807, 2.05) is 18.2 Å². The Morgan fingerprint density at radius 2 is 2.46 bits per heavy atom. The van der Waals surface area contributed by atoms with Gasteiger partial charge >= 0.3 is 0 Å². The van der Waals surface area contributed by atoms with E-state index >= 15 is 0 Å². The Bertz CT molecular complexity index is 466. The predicted molar refractivity (Wildman–Crippen MR) is 48.9 cm³/mol. The van der Waals surface area contributed by atoms with Crippen molar-refractivity contribution in [3.05, 3.63) is 40.4 Å². The van der Waals surface area contributed by atoms with Gasteiger partial charge in [-0.2, -0.15) is 5.10 Å². The van der Waals surface area contributed by atoms with Crippen LogP contribution in [0.15, 0.2) is 29.5 Å². The zero-order chi connectivity index (χ0) is 9.10. The number of nitrogens with one attached hydrogen (secondary N) is 1. The Morgan fingerprint density at radius 1 is 1.54 bits per heavy atom. The maximum atomic E-state index is 8.18. The van der Waals surface area contributed by atoms with Crippen molar-refractivity contribution in [3.63, 3.8) is 0 Å². The summed E-state index contributed by atoms with van der Waals surface area (Å²) in [6.07, 6.45) is 1.74. The van der Waals surface area contributed by atoms with Crippen molar-refractivity contribution in [2.24, 2.45) is 5.11 Å². The Kier molecular flexibility index (Phi) is 1.86. The monoisotopic (exact) mass is 173 g/mol. The third-order valence-corrected chi connectivity index (χ3v) is 1.87. The minimum absolute atomic E-state index is 0.357. The first-order valence-corrected chi connectivity index (χ1v) is 3.83. The van der Waals surface area contributed by atoms with Gasteiger partial charge in [-0.25, -0.2) is 0 Å². The van der Waals surface area contributed by atoms with Crippen LogP contribution in [-0.4, -0.2) is 10.2 Å². The lowest BCUT2D eigenvalue weighted by Gasteiger charge is -1.96. The molecule has 0 bridgehead atoms. The number of hydrogen-bond donors (Lipinski definition) is 1. The van der Waals surface area contributed by atoms with E-state index in [-0.39, 0.29) is 0 Å². The van der Waals surface area contributed by atoms with E-state index < -0.39 is 0 Å². The summed E-state index contributed by atoms with van der Waals surface area (Å²) in [4.78, 5) is 2.71. The number of nitrogens with zero attached hydrogens (tertiary/aromatic N) is 4. The van der Waals surface area contributed by atoms with Gasteiger partial charge in [0, 0.05) is 10.3 Å². The van der Waals surface area contributed by atoms with Gasteiger partial charge in [-0.1, -0.05) is 23.3 Å². The highest BCUT2D eigenvalue weighted by molar-refractivity contribution is 5.81. The molecule has 5 heteroatoms. The Labute approximate surface area is 74.0 Å². The fraction of sp³-hybridized carbons (Fsp3) is 0.125. The van der Waals surface area contributed by atoms with E-state index in [0.29, 0.717) is 6.54 Å². The van der Waals surface area contributed by atoms with Crippen molar-refractivity contribution in [3.8, 4) is 0 Å². The van der Waals surface area contributed by atoms with Gasteiger partial charge in [-0.05, 0) is 11.1 Å². The summed E-state index contributed by atoms with van der Waals surface area (Å²) in [5.74, 6) is 0.